The van der Waals surface area contributed by atoms with E-state index >= 15 is 0 Å². The molecule has 1 atom stereocenters. The summed E-state index contributed by atoms with van der Waals surface area (Å²) < 4.78 is 86.3. The minimum absolute atomic E-state index is 0.121. The van der Waals surface area contributed by atoms with Crippen LogP contribution in [0, 0.1) is 0 Å². The second-order valence-corrected chi connectivity index (χ2v) is 10.4. The number of methoxy groups -OCH3 is 1. The molecule has 1 amide bonds. The molecule has 1 aromatic heterocycles. The maximum absolute atomic E-state index is 13.6. The predicted octanol–water partition coefficient (Wildman–Crippen LogP) is 5.01. The van der Waals surface area contributed by atoms with Crippen LogP contribution >= 0.6 is 11.8 Å². The molecule has 3 aromatic rings. The number of nitrogens with one attached hydrogen (secondary N) is 1. The molecule has 1 saturated heterocycles. The van der Waals surface area contributed by atoms with Crippen LogP contribution in [0.4, 0.5) is 26.3 Å². The number of piperazine rings is 1. The summed E-state index contributed by atoms with van der Waals surface area (Å²) in [5.41, 5.74) is -1.91. The molecule has 212 valence electrons. The number of rotatable bonds is 5. The van der Waals surface area contributed by atoms with Crippen LogP contribution in [-0.2, 0) is 28.4 Å². The van der Waals surface area contributed by atoms with E-state index in [0.29, 0.717) is 52.3 Å². The Bertz CT molecular complexity index is 1490. The van der Waals surface area contributed by atoms with Gasteiger partial charge in [-0.15, -0.1) is 0 Å². The quantitative estimate of drug-likeness (QED) is 0.337. The van der Waals surface area contributed by atoms with Gasteiger partial charge < -0.3 is 15.0 Å². The number of thioether (sulfide) groups is 1. The highest BCUT2D eigenvalue weighted by Gasteiger charge is 2.38. The van der Waals surface area contributed by atoms with Gasteiger partial charge in [-0.3, -0.25) is 9.48 Å². The largest absolute Gasteiger partial charge is 0.416 e. The molecule has 5 rings (SSSR count). The summed E-state index contributed by atoms with van der Waals surface area (Å²) in [5, 5.41) is 8.72. The number of amides is 1. The number of ether oxygens (including phenoxy) is 1. The molecule has 0 spiro atoms. The Morgan fingerprint density at radius 2 is 1.93 bits per heavy atom. The lowest BCUT2D eigenvalue weighted by Gasteiger charge is -2.34. The van der Waals surface area contributed by atoms with Gasteiger partial charge in [-0.1, -0.05) is 12.1 Å². The second-order valence-electron chi connectivity index (χ2n) is 9.35. The van der Waals surface area contributed by atoms with Crippen molar-refractivity contribution in [3.8, 4) is 0 Å². The molecule has 1 N–H and O–H groups in total. The molecular weight excluding hydrogens is 560 g/mol. The van der Waals surface area contributed by atoms with Crippen molar-refractivity contribution in [3.05, 3.63) is 69.8 Å². The van der Waals surface area contributed by atoms with E-state index < -0.39 is 23.5 Å². The van der Waals surface area contributed by atoms with Crippen LogP contribution in [0.25, 0.3) is 17.0 Å². The Labute approximate surface area is 228 Å². The zero-order chi connectivity index (χ0) is 28.7. The first-order valence-electron chi connectivity index (χ1n) is 12.1. The van der Waals surface area contributed by atoms with Crippen LogP contribution in [-0.4, -0.2) is 65.1 Å². The molecule has 7 nitrogen and oxygen atoms in total. The minimum atomic E-state index is -4.97. The SMILES string of the molecule is COCC1CN(C2=NC(=O)/C(=C\c3ccc4c(cnn4Cc4ccc(C(F)(F)F)cc4C(F)(F)F)c3)S2)CCN1. The number of amidine groups is 1. The first kappa shape index (κ1) is 28.2. The first-order chi connectivity index (χ1) is 18.9. The van der Waals surface area contributed by atoms with Gasteiger partial charge in [0.2, 0.25) is 0 Å². The third-order valence-electron chi connectivity index (χ3n) is 6.53. The topological polar surface area (TPSA) is 71.8 Å². The summed E-state index contributed by atoms with van der Waals surface area (Å²) in [6, 6.07) is 6.77. The fourth-order valence-electron chi connectivity index (χ4n) is 4.63. The molecule has 1 fully saturated rings. The van der Waals surface area contributed by atoms with Crippen molar-refractivity contribution in [2.45, 2.75) is 24.9 Å². The summed E-state index contributed by atoms with van der Waals surface area (Å²) in [6.45, 7) is 2.25. The van der Waals surface area contributed by atoms with Crippen molar-refractivity contribution in [1.29, 1.82) is 0 Å². The molecule has 0 bridgehead atoms. The molecule has 0 aliphatic carbocycles. The Morgan fingerprint density at radius 1 is 1.12 bits per heavy atom. The lowest BCUT2D eigenvalue weighted by Crippen LogP contribution is -2.53. The van der Waals surface area contributed by atoms with Gasteiger partial charge in [0.1, 0.15) is 0 Å². The van der Waals surface area contributed by atoms with Crippen LogP contribution in [0.5, 0.6) is 0 Å². The Hall–Kier alpha value is -3.36. The van der Waals surface area contributed by atoms with E-state index in [1.54, 1.807) is 31.4 Å². The highest BCUT2D eigenvalue weighted by atomic mass is 32.2. The lowest BCUT2D eigenvalue weighted by molar-refractivity contribution is -0.143. The summed E-state index contributed by atoms with van der Waals surface area (Å²) in [5.74, 6) is -0.361. The van der Waals surface area contributed by atoms with Crippen LogP contribution in [0.3, 0.4) is 0 Å². The number of hydrogen-bond donors (Lipinski definition) is 1. The molecular formula is C26H23F6N5O2S. The van der Waals surface area contributed by atoms with Gasteiger partial charge in [0.05, 0.1) is 40.9 Å². The number of carbonyl (C=O) groups excluding carboxylic acids is 1. The molecule has 2 aliphatic heterocycles. The standard InChI is InChI=1S/C26H23F6N5O2S/c1-39-14-19-13-36(7-6-33-19)24-35-23(38)22(40-24)9-15-2-5-21-17(8-15)11-34-37(21)12-16-3-4-18(25(27,28)29)10-20(16)26(30,31)32/h2-5,8-11,19,33H,6-7,12-14H2,1H3/b22-9+. The van der Waals surface area contributed by atoms with Crippen molar-refractivity contribution in [3.63, 3.8) is 0 Å². The van der Waals surface area contributed by atoms with Gasteiger partial charge in [-0.25, -0.2) is 0 Å². The Morgan fingerprint density at radius 3 is 2.65 bits per heavy atom. The molecule has 0 radical (unpaired) electrons. The van der Waals surface area contributed by atoms with Crippen molar-refractivity contribution in [2.75, 3.05) is 33.4 Å². The van der Waals surface area contributed by atoms with E-state index in [0.717, 1.165) is 12.6 Å². The van der Waals surface area contributed by atoms with E-state index in [1.807, 2.05) is 4.90 Å². The lowest BCUT2D eigenvalue weighted by atomic mass is 10.0. The van der Waals surface area contributed by atoms with Gasteiger partial charge in [0, 0.05) is 38.2 Å². The summed E-state index contributed by atoms with van der Waals surface area (Å²) in [7, 11) is 1.63. The Balaban J connectivity index is 1.35. The average molecular weight is 584 g/mol. The minimum Gasteiger partial charge on any atom is -0.383 e. The maximum Gasteiger partial charge on any atom is 0.416 e. The van der Waals surface area contributed by atoms with E-state index in [-0.39, 0.29) is 30.1 Å². The van der Waals surface area contributed by atoms with Crippen LogP contribution < -0.4 is 5.32 Å². The second kappa shape index (κ2) is 10.9. The number of aromatic nitrogens is 2. The van der Waals surface area contributed by atoms with Crippen molar-refractivity contribution in [2.24, 2.45) is 4.99 Å². The van der Waals surface area contributed by atoms with Crippen molar-refractivity contribution < 1.29 is 35.9 Å². The molecule has 1 unspecified atom stereocenters. The van der Waals surface area contributed by atoms with E-state index in [1.165, 1.54) is 22.6 Å². The Kier molecular flexibility index (Phi) is 7.68. The number of fused-ring (bicyclic) bond motifs is 1. The monoisotopic (exact) mass is 583 g/mol. The third kappa shape index (κ3) is 6.03. The van der Waals surface area contributed by atoms with Gasteiger partial charge in [-0.05, 0) is 53.2 Å². The van der Waals surface area contributed by atoms with Gasteiger partial charge in [0.15, 0.2) is 5.17 Å². The van der Waals surface area contributed by atoms with E-state index in [9.17, 15) is 31.1 Å². The fourth-order valence-corrected chi connectivity index (χ4v) is 5.58. The average Bonchev–Trinajstić information content (AvgIpc) is 3.46. The number of hydrogen-bond acceptors (Lipinski definition) is 6. The summed E-state index contributed by atoms with van der Waals surface area (Å²) >= 11 is 1.27. The van der Waals surface area contributed by atoms with Gasteiger partial charge in [-0.2, -0.15) is 36.4 Å². The summed E-state index contributed by atoms with van der Waals surface area (Å²) in [6.07, 6.45) is -6.73. The molecule has 0 saturated carbocycles. The number of benzene rings is 2. The normalized spacial score (nSPS) is 19.6. The van der Waals surface area contributed by atoms with Crippen molar-refractivity contribution in [1.82, 2.24) is 20.0 Å². The molecule has 14 heteroatoms. The highest BCUT2D eigenvalue weighted by molar-refractivity contribution is 8.18. The van der Waals surface area contributed by atoms with Gasteiger partial charge in [0.25, 0.3) is 5.91 Å². The molecule has 3 heterocycles. The molecule has 40 heavy (non-hydrogen) atoms. The van der Waals surface area contributed by atoms with Crippen LogP contribution in [0.1, 0.15) is 22.3 Å². The number of aliphatic imine (C=N–C) groups is 1. The number of nitrogens with zero attached hydrogens (tertiary/aromatic N) is 4. The third-order valence-corrected chi connectivity index (χ3v) is 7.57. The van der Waals surface area contributed by atoms with Gasteiger partial charge >= 0.3 is 12.4 Å². The zero-order valence-corrected chi connectivity index (χ0v) is 21.8. The molecule has 2 aliphatic rings. The van der Waals surface area contributed by atoms with Crippen LogP contribution in [0.2, 0.25) is 0 Å². The first-order valence-corrected chi connectivity index (χ1v) is 13.0. The van der Waals surface area contributed by atoms with Crippen LogP contribution in [0.15, 0.2) is 52.5 Å². The smallest absolute Gasteiger partial charge is 0.383 e. The fraction of sp³-hybridized carbons (Fsp3) is 0.346. The highest BCUT2D eigenvalue weighted by Crippen LogP contribution is 2.38. The maximum atomic E-state index is 13.6. The number of halogens is 6. The predicted molar refractivity (Wildman–Crippen MR) is 139 cm³/mol. The molecule has 2 aromatic carbocycles. The van der Waals surface area contributed by atoms with E-state index in [2.05, 4.69) is 15.4 Å². The van der Waals surface area contributed by atoms with Crippen molar-refractivity contribution >= 4 is 39.8 Å². The van der Waals surface area contributed by atoms with E-state index in [4.69, 9.17) is 4.74 Å². The summed E-state index contributed by atoms with van der Waals surface area (Å²) in [4.78, 5) is 19.3. The zero-order valence-electron chi connectivity index (χ0n) is 21.0. The number of alkyl halides is 6. The number of carbonyl (C=O) groups is 1.